The predicted octanol–water partition coefficient (Wildman–Crippen LogP) is 3.14. The molecule has 0 fully saturated rings. The van der Waals surface area contributed by atoms with Crippen LogP contribution in [0.1, 0.15) is 55.3 Å². The van der Waals surface area contributed by atoms with Crippen LogP contribution in [-0.2, 0) is 32.4 Å². The Labute approximate surface area is 250 Å². The zero-order valence-electron chi connectivity index (χ0n) is 24.9. The first kappa shape index (κ1) is 32.2. The Balaban J connectivity index is 1.62. The van der Waals surface area contributed by atoms with Gasteiger partial charge in [0.1, 0.15) is 11.8 Å². The highest BCUT2D eigenvalue weighted by atomic mass is 32.2. The monoisotopic (exact) mass is 599 g/mol. The molecular weight excluding hydrogens is 554 g/mol. The van der Waals surface area contributed by atoms with Crippen LogP contribution in [0.25, 0.3) is 0 Å². The van der Waals surface area contributed by atoms with Crippen LogP contribution < -0.4 is 15.4 Å². The molecule has 1 aliphatic carbocycles. The standard InChI is InChI=1S/C32H45N3O6S/c1-4-5-11-18-42(38,39)35(2)28-14-9-10-17-41-30-20-24-15-16-25(40-3)21-26(24)31(30)33-22-29(36)27(34-32(28)37)19-23-12-7-6-8-13-23/h6-10,12-13,15-16,21,27-31,33,36H,4-5,11,14,17-20,22H2,1-3H3,(H,34,37)/b10-9-/t27-,28-,29+,30+,31+/m0/s1. The Kier molecular flexibility index (Phi) is 11.6. The number of likely N-dealkylation sites (N-methyl/N-ethyl adjacent to an activating group) is 1. The SMILES string of the molecule is CCCCCS(=O)(=O)N(C)[C@H]1C/C=C\CO[C@@H]2Cc3ccc(OC)cc3[C@H]2NC[C@@H](O)[C@H](Cc2ccccc2)NC1=O. The van der Waals surface area contributed by atoms with E-state index in [1.807, 2.05) is 67.6 Å². The maximum Gasteiger partial charge on any atom is 0.239 e. The topological polar surface area (TPSA) is 117 Å². The molecule has 0 radical (unpaired) electrons. The first-order valence-corrected chi connectivity index (χ1v) is 16.5. The third-order valence-corrected chi connectivity index (χ3v) is 10.2. The highest BCUT2D eigenvalue weighted by molar-refractivity contribution is 7.89. The van der Waals surface area contributed by atoms with Crippen LogP contribution in [0.5, 0.6) is 5.75 Å². The molecule has 2 aromatic carbocycles. The molecule has 0 saturated heterocycles. The summed E-state index contributed by atoms with van der Waals surface area (Å²) in [5, 5.41) is 18.0. The number of carbonyl (C=O) groups excluding carboxylic acids is 1. The summed E-state index contributed by atoms with van der Waals surface area (Å²) < 4.78 is 39.3. The number of aliphatic hydroxyl groups is 1. The van der Waals surface area contributed by atoms with E-state index >= 15 is 0 Å². The summed E-state index contributed by atoms with van der Waals surface area (Å²) in [6.45, 7) is 2.53. The number of sulfonamides is 1. The van der Waals surface area contributed by atoms with Crippen LogP contribution in [0, 0.1) is 0 Å². The Morgan fingerprint density at radius 1 is 1.12 bits per heavy atom. The molecule has 5 atom stereocenters. The molecule has 9 nitrogen and oxygen atoms in total. The Hall–Kier alpha value is -2.76. The van der Waals surface area contributed by atoms with Crippen molar-refractivity contribution in [3.63, 3.8) is 0 Å². The van der Waals surface area contributed by atoms with Gasteiger partial charge >= 0.3 is 0 Å². The number of amides is 1. The Morgan fingerprint density at radius 2 is 1.90 bits per heavy atom. The second-order valence-corrected chi connectivity index (χ2v) is 13.3. The third kappa shape index (κ3) is 8.20. The molecule has 1 aliphatic heterocycles. The fourth-order valence-corrected chi connectivity index (χ4v) is 7.12. The molecule has 3 N–H and O–H groups in total. The maximum absolute atomic E-state index is 13.7. The molecule has 42 heavy (non-hydrogen) atoms. The normalized spacial score (nSPS) is 26.1. The average molecular weight is 600 g/mol. The van der Waals surface area contributed by atoms with Crippen molar-refractivity contribution in [3.8, 4) is 5.75 Å². The van der Waals surface area contributed by atoms with Gasteiger partial charge in [0.15, 0.2) is 0 Å². The van der Waals surface area contributed by atoms with E-state index in [0.29, 0.717) is 25.9 Å². The number of β-amino-alcohol motifs (C(OH)–C–C–N with tert-alkyl or cyclic N) is 1. The first-order chi connectivity index (χ1) is 20.2. The largest absolute Gasteiger partial charge is 0.497 e. The van der Waals surface area contributed by atoms with Crippen LogP contribution in [0.3, 0.4) is 0 Å². The van der Waals surface area contributed by atoms with E-state index in [-0.39, 0.29) is 30.9 Å². The number of methoxy groups -OCH3 is 1. The van der Waals surface area contributed by atoms with E-state index in [1.165, 1.54) is 11.4 Å². The molecular formula is C32H45N3O6S. The number of benzene rings is 2. The number of aliphatic hydroxyl groups excluding tert-OH is 1. The predicted molar refractivity (Wildman–Crippen MR) is 164 cm³/mol. The average Bonchev–Trinajstić information content (AvgIpc) is 3.33. The fraction of sp³-hybridized carbons (Fsp3) is 0.531. The van der Waals surface area contributed by atoms with Gasteiger partial charge in [-0.1, -0.05) is 68.3 Å². The fourth-order valence-electron chi connectivity index (χ4n) is 5.69. The van der Waals surface area contributed by atoms with Crippen molar-refractivity contribution < 1.29 is 27.8 Å². The van der Waals surface area contributed by atoms with E-state index in [4.69, 9.17) is 9.47 Å². The van der Waals surface area contributed by atoms with Gasteiger partial charge in [-0.25, -0.2) is 8.42 Å². The molecule has 230 valence electrons. The quantitative estimate of drug-likeness (QED) is 0.300. The van der Waals surface area contributed by atoms with Crippen molar-refractivity contribution in [2.75, 3.05) is 33.1 Å². The molecule has 0 saturated carbocycles. The molecule has 4 rings (SSSR count). The molecule has 10 heteroatoms. The van der Waals surface area contributed by atoms with E-state index in [2.05, 4.69) is 10.6 Å². The summed E-state index contributed by atoms with van der Waals surface area (Å²) in [6, 6.07) is 13.9. The van der Waals surface area contributed by atoms with Gasteiger partial charge in [-0.05, 0) is 48.1 Å². The van der Waals surface area contributed by atoms with Crippen LogP contribution in [0.2, 0.25) is 0 Å². The molecule has 1 amide bonds. The zero-order chi connectivity index (χ0) is 30.1. The summed E-state index contributed by atoms with van der Waals surface area (Å²) in [4.78, 5) is 13.7. The van der Waals surface area contributed by atoms with Crippen molar-refractivity contribution in [3.05, 3.63) is 77.4 Å². The van der Waals surface area contributed by atoms with Gasteiger partial charge in [0.2, 0.25) is 15.9 Å². The number of fused-ring (bicyclic) bond motifs is 3. The molecule has 1 heterocycles. The number of rotatable bonds is 9. The summed E-state index contributed by atoms with van der Waals surface area (Å²) in [6.07, 6.45) is 6.09. The first-order valence-electron chi connectivity index (χ1n) is 14.9. The van der Waals surface area contributed by atoms with E-state index in [1.54, 1.807) is 7.11 Å². The highest BCUT2D eigenvalue weighted by Crippen LogP contribution is 2.36. The molecule has 0 bridgehead atoms. The number of hydrogen-bond donors (Lipinski definition) is 3. The molecule has 0 spiro atoms. The minimum Gasteiger partial charge on any atom is -0.497 e. The zero-order valence-corrected chi connectivity index (χ0v) is 25.7. The summed E-state index contributed by atoms with van der Waals surface area (Å²) in [5.74, 6) is 0.306. The third-order valence-electron chi connectivity index (χ3n) is 8.24. The maximum atomic E-state index is 13.7. The minimum atomic E-state index is -3.66. The van der Waals surface area contributed by atoms with Crippen molar-refractivity contribution in [1.29, 1.82) is 0 Å². The van der Waals surface area contributed by atoms with Crippen molar-refractivity contribution in [2.45, 2.75) is 75.8 Å². The van der Waals surface area contributed by atoms with Gasteiger partial charge in [-0.3, -0.25) is 4.79 Å². The lowest BCUT2D eigenvalue weighted by Gasteiger charge is -2.31. The van der Waals surface area contributed by atoms with Gasteiger partial charge < -0.3 is 25.2 Å². The molecule has 0 aromatic heterocycles. The summed E-state index contributed by atoms with van der Waals surface area (Å²) in [7, 11) is -0.552. The Bertz CT molecular complexity index is 1300. The lowest BCUT2D eigenvalue weighted by atomic mass is 9.99. The van der Waals surface area contributed by atoms with Crippen LogP contribution in [0.4, 0.5) is 0 Å². The summed E-state index contributed by atoms with van der Waals surface area (Å²) >= 11 is 0. The number of nitrogens with one attached hydrogen (secondary N) is 2. The second-order valence-electron chi connectivity index (χ2n) is 11.2. The smallest absolute Gasteiger partial charge is 0.239 e. The minimum absolute atomic E-state index is 0.0116. The van der Waals surface area contributed by atoms with E-state index < -0.39 is 34.1 Å². The van der Waals surface area contributed by atoms with Gasteiger partial charge in [-0.2, -0.15) is 4.31 Å². The lowest BCUT2D eigenvalue weighted by Crippen LogP contribution is -2.55. The number of unbranched alkanes of at least 4 members (excludes halogenated alkanes) is 2. The van der Waals surface area contributed by atoms with Gasteiger partial charge in [-0.15, -0.1) is 0 Å². The number of nitrogens with zero attached hydrogens (tertiary/aromatic N) is 1. The second kappa shape index (κ2) is 15.1. The van der Waals surface area contributed by atoms with E-state index in [0.717, 1.165) is 35.3 Å². The van der Waals surface area contributed by atoms with Gasteiger partial charge in [0.25, 0.3) is 0 Å². The van der Waals surface area contributed by atoms with Crippen molar-refractivity contribution >= 4 is 15.9 Å². The summed E-state index contributed by atoms with van der Waals surface area (Å²) in [5.41, 5.74) is 3.18. The number of carbonyl (C=O) groups is 1. The van der Waals surface area contributed by atoms with Crippen LogP contribution >= 0.6 is 0 Å². The van der Waals surface area contributed by atoms with Crippen LogP contribution in [0.15, 0.2) is 60.7 Å². The highest BCUT2D eigenvalue weighted by Gasteiger charge is 2.36. The number of ether oxygens (including phenoxy) is 2. The van der Waals surface area contributed by atoms with Crippen molar-refractivity contribution in [2.24, 2.45) is 0 Å². The molecule has 0 unspecified atom stereocenters. The molecule has 2 aromatic rings. The van der Waals surface area contributed by atoms with Crippen molar-refractivity contribution in [1.82, 2.24) is 14.9 Å². The van der Waals surface area contributed by atoms with Crippen LogP contribution in [-0.4, -0.2) is 81.1 Å². The molecule has 2 aliphatic rings. The van der Waals surface area contributed by atoms with E-state index in [9.17, 15) is 18.3 Å². The number of hydrogen-bond acceptors (Lipinski definition) is 7. The Morgan fingerprint density at radius 3 is 2.64 bits per heavy atom. The lowest BCUT2D eigenvalue weighted by molar-refractivity contribution is -0.126. The van der Waals surface area contributed by atoms with Gasteiger partial charge in [0.05, 0.1) is 43.8 Å². The van der Waals surface area contributed by atoms with Gasteiger partial charge in [0, 0.05) is 20.0 Å².